The maximum Gasteiger partial charge on any atom is 0.136 e. The van der Waals surface area contributed by atoms with E-state index in [1.54, 1.807) is 0 Å². The zero-order valence-electron chi connectivity index (χ0n) is 30.9. The van der Waals surface area contributed by atoms with Crippen LogP contribution in [0.4, 0.5) is 0 Å². The van der Waals surface area contributed by atoms with Crippen LogP contribution in [0.5, 0.6) is 0 Å². The molecule has 1 heteroatoms. The predicted octanol–water partition coefficient (Wildman–Crippen LogP) is 16.1. The minimum atomic E-state index is 0.919. The summed E-state index contributed by atoms with van der Waals surface area (Å²) in [4.78, 5) is 0. The Labute approximate surface area is 327 Å². The molecule has 0 bridgehead atoms. The van der Waals surface area contributed by atoms with E-state index in [1.807, 2.05) is 0 Å². The first-order chi connectivity index (χ1) is 28.2. The van der Waals surface area contributed by atoms with Gasteiger partial charge in [-0.3, -0.25) is 0 Å². The molecule has 0 aliphatic rings. The molecule has 12 aromatic carbocycles. The van der Waals surface area contributed by atoms with E-state index < -0.39 is 0 Å². The van der Waals surface area contributed by atoms with E-state index in [0.29, 0.717) is 0 Å². The van der Waals surface area contributed by atoms with Crippen molar-refractivity contribution in [2.45, 2.75) is 0 Å². The van der Waals surface area contributed by atoms with Crippen molar-refractivity contribution in [2.24, 2.45) is 0 Å². The van der Waals surface area contributed by atoms with Crippen LogP contribution in [0.15, 0.2) is 199 Å². The summed E-state index contributed by atoms with van der Waals surface area (Å²) in [6, 6.07) is 71.8. The molecule has 13 rings (SSSR count). The Morgan fingerprint density at radius 1 is 0.193 bits per heavy atom. The summed E-state index contributed by atoms with van der Waals surface area (Å²) in [7, 11) is 0. The zero-order chi connectivity index (χ0) is 37.2. The lowest BCUT2D eigenvalue weighted by Gasteiger charge is -2.13. The largest absolute Gasteiger partial charge is 0.456 e. The maximum atomic E-state index is 6.66. The van der Waals surface area contributed by atoms with Crippen molar-refractivity contribution >= 4 is 108 Å². The SMILES string of the molecule is c1ccc2c(c1)ccc1cc(-c3ccc4ccc(-c5ccc6c(c5)c5ccccc5c5cc7c(cc65)oc5cc6ccc8ccccc8c6cc57)cc4c3)ccc12. The molecule has 0 spiro atoms. The predicted molar refractivity (Wildman–Crippen MR) is 245 cm³/mol. The Balaban J connectivity index is 0.958. The van der Waals surface area contributed by atoms with E-state index in [9.17, 15) is 0 Å². The molecule has 13 aromatic rings. The van der Waals surface area contributed by atoms with Gasteiger partial charge in [-0.2, -0.15) is 0 Å². The van der Waals surface area contributed by atoms with E-state index >= 15 is 0 Å². The van der Waals surface area contributed by atoms with Gasteiger partial charge in [0.1, 0.15) is 11.2 Å². The quantitative estimate of drug-likeness (QED) is 0.162. The number of benzene rings is 12. The fraction of sp³-hybridized carbons (Fsp3) is 0. The molecular formula is C56H32O. The van der Waals surface area contributed by atoms with Crippen LogP contribution in [0.2, 0.25) is 0 Å². The molecule has 0 aliphatic heterocycles. The third-order valence-electron chi connectivity index (χ3n) is 12.5. The highest BCUT2D eigenvalue weighted by Gasteiger charge is 2.16. The Kier molecular flexibility index (Phi) is 6.23. The Hall–Kier alpha value is -7.48. The van der Waals surface area contributed by atoms with Gasteiger partial charge in [0, 0.05) is 10.8 Å². The van der Waals surface area contributed by atoms with Crippen molar-refractivity contribution in [2.75, 3.05) is 0 Å². The van der Waals surface area contributed by atoms with Gasteiger partial charge in [0.25, 0.3) is 0 Å². The second-order valence-corrected chi connectivity index (χ2v) is 15.7. The molecule has 57 heavy (non-hydrogen) atoms. The molecule has 262 valence electrons. The summed E-state index contributed by atoms with van der Waals surface area (Å²) in [6.45, 7) is 0. The molecule has 0 aliphatic carbocycles. The van der Waals surface area contributed by atoms with Gasteiger partial charge in [-0.15, -0.1) is 0 Å². The van der Waals surface area contributed by atoms with Crippen LogP contribution in [0, 0.1) is 0 Å². The number of hydrogen-bond donors (Lipinski definition) is 0. The van der Waals surface area contributed by atoms with Gasteiger partial charge in [0.05, 0.1) is 0 Å². The number of fused-ring (bicyclic) bond motifs is 16. The molecule has 1 nitrogen and oxygen atoms in total. The monoisotopic (exact) mass is 720 g/mol. The minimum absolute atomic E-state index is 0.919. The Morgan fingerprint density at radius 2 is 0.596 bits per heavy atom. The van der Waals surface area contributed by atoms with E-state index in [4.69, 9.17) is 4.42 Å². The van der Waals surface area contributed by atoms with Crippen molar-refractivity contribution in [3.63, 3.8) is 0 Å². The lowest BCUT2D eigenvalue weighted by molar-refractivity contribution is 0.670. The van der Waals surface area contributed by atoms with Crippen LogP contribution in [0.1, 0.15) is 0 Å². The second kappa shape index (κ2) is 11.5. The van der Waals surface area contributed by atoms with E-state index in [0.717, 1.165) is 21.9 Å². The molecule has 0 saturated carbocycles. The minimum Gasteiger partial charge on any atom is -0.456 e. The second-order valence-electron chi connectivity index (χ2n) is 15.7. The first kappa shape index (κ1) is 30.8. The van der Waals surface area contributed by atoms with E-state index in [-0.39, 0.29) is 0 Å². The number of rotatable bonds is 2. The van der Waals surface area contributed by atoms with Gasteiger partial charge in [0.2, 0.25) is 0 Å². The fourth-order valence-electron chi connectivity index (χ4n) is 9.70. The average molecular weight is 721 g/mol. The van der Waals surface area contributed by atoms with Crippen molar-refractivity contribution in [1.82, 2.24) is 0 Å². The van der Waals surface area contributed by atoms with Crippen molar-refractivity contribution < 1.29 is 4.42 Å². The Bertz CT molecular complexity index is 3860. The molecule has 1 heterocycles. The van der Waals surface area contributed by atoms with Crippen molar-refractivity contribution in [3.05, 3.63) is 194 Å². The zero-order valence-corrected chi connectivity index (χ0v) is 30.9. The molecule has 0 amide bonds. The standard InChI is InChI=1S/C56H32O/c1-3-9-43-34(7-1)15-19-40-25-38(21-23-45(40)43)36-17-13-33-14-18-37(27-42(33)26-36)39-22-24-48-50(28-39)46-11-5-6-12-47(46)51-31-54-53-30-49-41(20-16-35-8-2-4-10-44(35)49)29-55(53)57-56(54)32-52(48)51/h1-32H. The van der Waals surface area contributed by atoms with Crippen molar-refractivity contribution in [3.8, 4) is 22.3 Å². The molecule has 0 atom stereocenters. The van der Waals surface area contributed by atoms with Crippen LogP contribution < -0.4 is 0 Å². The van der Waals surface area contributed by atoms with Crippen LogP contribution >= 0.6 is 0 Å². The highest BCUT2D eigenvalue weighted by atomic mass is 16.3. The summed E-state index contributed by atoms with van der Waals surface area (Å²) in [5.74, 6) is 0. The first-order valence-electron chi connectivity index (χ1n) is 19.7. The fourth-order valence-corrected chi connectivity index (χ4v) is 9.70. The molecule has 0 fully saturated rings. The van der Waals surface area contributed by atoms with Crippen molar-refractivity contribution in [1.29, 1.82) is 0 Å². The normalized spacial score (nSPS) is 12.2. The third kappa shape index (κ3) is 4.57. The van der Waals surface area contributed by atoms with Gasteiger partial charge in [0.15, 0.2) is 0 Å². The summed E-state index contributed by atoms with van der Waals surface area (Å²) in [6.07, 6.45) is 0. The summed E-state index contributed by atoms with van der Waals surface area (Å²) in [5.41, 5.74) is 6.72. The van der Waals surface area contributed by atoms with E-state index in [2.05, 4.69) is 194 Å². The van der Waals surface area contributed by atoms with Crippen LogP contribution in [0.25, 0.3) is 130 Å². The van der Waals surface area contributed by atoms with Gasteiger partial charge < -0.3 is 4.42 Å². The van der Waals surface area contributed by atoms with Gasteiger partial charge in [-0.1, -0.05) is 146 Å². The number of furan rings is 1. The van der Waals surface area contributed by atoms with Gasteiger partial charge in [-0.05, 0) is 157 Å². The number of hydrogen-bond acceptors (Lipinski definition) is 1. The van der Waals surface area contributed by atoms with Crippen LogP contribution in [-0.2, 0) is 0 Å². The highest BCUT2D eigenvalue weighted by Crippen LogP contribution is 2.43. The van der Waals surface area contributed by atoms with Gasteiger partial charge >= 0.3 is 0 Å². The lowest BCUT2D eigenvalue weighted by atomic mass is 9.90. The molecule has 0 saturated heterocycles. The van der Waals surface area contributed by atoms with Crippen LogP contribution in [-0.4, -0.2) is 0 Å². The molecule has 0 unspecified atom stereocenters. The maximum absolute atomic E-state index is 6.66. The van der Waals surface area contributed by atoms with Gasteiger partial charge in [-0.25, -0.2) is 0 Å². The molecule has 0 N–H and O–H groups in total. The summed E-state index contributed by atoms with van der Waals surface area (Å²) >= 11 is 0. The van der Waals surface area contributed by atoms with E-state index in [1.165, 1.54) is 108 Å². The molecular weight excluding hydrogens is 689 g/mol. The summed E-state index contributed by atoms with van der Waals surface area (Å²) < 4.78 is 6.66. The topological polar surface area (TPSA) is 13.1 Å². The summed E-state index contributed by atoms with van der Waals surface area (Å²) in [5, 5.41) is 22.3. The van der Waals surface area contributed by atoms with Crippen LogP contribution in [0.3, 0.4) is 0 Å². The Morgan fingerprint density at radius 3 is 1.28 bits per heavy atom. The smallest absolute Gasteiger partial charge is 0.136 e. The first-order valence-corrected chi connectivity index (χ1v) is 19.7. The highest BCUT2D eigenvalue weighted by molar-refractivity contribution is 6.29. The lowest BCUT2D eigenvalue weighted by Crippen LogP contribution is -1.86. The molecule has 0 radical (unpaired) electrons. The average Bonchev–Trinajstić information content (AvgIpc) is 3.63. The third-order valence-corrected chi connectivity index (χ3v) is 12.5. The molecule has 1 aromatic heterocycles.